The third kappa shape index (κ3) is 7.80. The molecule has 1 unspecified atom stereocenters. The van der Waals surface area contributed by atoms with E-state index in [1.54, 1.807) is 0 Å². The molecule has 0 saturated carbocycles. The van der Waals surface area contributed by atoms with E-state index in [4.69, 9.17) is 0 Å². The first-order chi connectivity index (χ1) is 5.81. The van der Waals surface area contributed by atoms with E-state index in [0.29, 0.717) is 0 Å². The average Bonchev–Trinajstić information content (AvgIpc) is 2.05. The van der Waals surface area contributed by atoms with E-state index in [1.807, 2.05) is 13.1 Å². The quantitative estimate of drug-likeness (QED) is 0.435. The number of hydrogen-bond acceptors (Lipinski definition) is 1. The lowest BCUT2D eigenvalue weighted by Gasteiger charge is -2.09. The maximum atomic E-state index is 3.71. The van der Waals surface area contributed by atoms with Crippen molar-refractivity contribution in [3.05, 3.63) is 12.7 Å². The Balaban J connectivity index is 3.02. The Morgan fingerprint density at radius 3 is 2.67 bits per heavy atom. The van der Waals surface area contributed by atoms with Gasteiger partial charge in [-0.1, -0.05) is 25.8 Å². The van der Waals surface area contributed by atoms with Gasteiger partial charge in [0.15, 0.2) is 0 Å². The Labute approximate surface area is 77.2 Å². The third-order valence-corrected chi connectivity index (χ3v) is 2.16. The molecule has 0 aromatic carbocycles. The molecule has 0 aliphatic heterocycles. The van der Waals surface area contributed by atoms with Gasteiger partial charge in [0.2, 0.25) is 0 Å². The van der Waals surface area contributed by atoms with Crippen molar-refractivity contribution in [3.63, 3.8) is 0 Å². The van der Waals surface area contributed by atoms with Gasteiger partial charge in [0.1, 0.15) is 0 Å². The second-order valence-corrected chi connectivity index (χ2v) is 3.59. The summed E-state index contributed by atoms with van der Waals surface area (Å²) in [6.07, 6.45) is 8.60. The van der Waals surface area contributed by atoms with Gasteiger partial charge in [-0.3, -0.25) is 0 Å². The van der Waals surface area contributed by atoms with Crippen LogP contribution < -0.4 is 5.32 Å². The number of allylic oxidation sites excluding steroid dienone is 1. The van der Waals surface area contributed by atoms with Gasteiger partial charge < -0.3 is 5.32 Å². The molecule has 0 aromatic heterocycles. The highest BCUT2D eigenvalue weighted by molar-refractivity contribution is 4.65. The van der Waals surface area contributed by atoms with E-state index >= 15 is 0 Å². The molecule has 0 spiro atoms. The van der Waals surface area contributed by atoms with Crippen LogP contribution in [0.1, 0.15) is 39.0 Å². The summed E-state index contributed by atoms with van der Waals surface area (Å²) in [5.74, 6) is 0.832. The number of hydrogen-bond donors (Lipinski definition) is 1. The molecule has 72 valence electrons. The Hall–Kier alpha value is -0.300. The van der Waals surface area contributed by atoms with E-state index in [9.17, 15) is 0 Å². The molecular formula is C11H23N. The van der Waals surface area contributed by atoms with Gasteiger partial charge in [-0.15, -0.1) is 6.58 Å². The normalized spacial score (nSPS) is 12.8. The molecule has 0 rings (SSSR count). The Morgan fingerprint density at radius 2 is 2.08 bits per heavy atom. The van der Waals surface area contributed by atoms with E-state index in [1.165, 1.54) is 32.1 Å². The monoisotopic (exact) mass is 169 g/mol. The Kier molecular flexibility index (Phi) is 8.57. The number of rotatable bonds is 8. The highest BCUT2D eigenvalue weighted by atomic mass is 14.8. The molecule has 12 heavy (non-hydrogen) atoms. The van der Waals surface area contributed by atoms with Crippen LogP contribution in [0.4, 0.5) is 0 Å². The van der Waals surface area contributed by atoms with Gasteiger partial charge in [0.25, 0.3) is 0 Å². The van der Waals surface area contributed by atoms with Crippen LogP contribution in [0.5, 0.6) is 0 Å². The summed E-state index contributed by atoms with van der Waals surface area (Å²) in [7, 11) is 2.02. The molecule has 0 radical (unpaired) electrons. The van der Waals surface area contributed by atoms with Crippen LogP contribution in [0.3, 0.4) is 0 Å². The fraction of sp³-hybridized carbons (Fsp3) is 0.818. The van der Waals surface area contributed by atoms with Gasteiger partial charge in [0, 0.05) is 0 Å². The lowest BCUT2D eigenvalue weighted by Crippen LogP contribution is -2.15. The molecule has 0 aromatic rings. The topological polar surface area (TPSA) is 12.0 Å². The molecule has 0 aliphatic rings. The summed E-state index contributed by atoms with van der Waals surface area (Å²) in [5.41, 5.74) is 0. The smallest absolute Gasteiger partial charge is 0.00262 e. The van der Waals surface area contributed by atoms with Crippen molar-refractivity contribution in [1.29, 1.82) is 0 Å². The minimum Gasteiger partial charge on any atom is -0.319 e. The zero-order valence-electron chi connectivity index (χ0n) is 8.60. The largest absolute Gasteiger partial charge is 0.319 e. The van der Waals surface area contributed by atoms with Crippen LogP contribution >= 0.6 is 0 Å². The highest BCUT2D eigenvalue weighted by Crippen LogP contribution is 2.09. The SMILES string of the molecule is C=CCCCCCC(C)CNC. The molecule has 1 N–H and O–H groups in total. The predicted molar refractivity (Wildman–Crippen MR) is 56.4 cm³/mol. The predicted octanol–water partition coefficient (Wildman–Crippen LogP) is 2.98. The maximum Gasteiger partial charge on any atom is -0.00262 e. The fourth-order valence-corrected chi connectivity index (χ4v) is 1.41. The van der Waals surface area contributed by atoms with E-state index in [2.05, 4.69) is 18.8 Å². The molecule has 0 amide bonds. The van der Waals surface area contributed by atoms with Crippen molar-refractivity contribution in [2.45, 2.75) is 39.0 Å². The van der Waals surface area contributed by atoms with Crippen molar-refractivity contribution < 1.29 is 0 Å². The van der Waals surface area contributed by atoms with Gasteiger partial charge in [-0.25, -0.2) is 0 Å². The Morgan fingerprint density at radius 1 is 1.33 bits per heavy atom. The van der Waals surface area contributed by atoms with Crippen LogP contribution in [-0.4, -0.2) is 13.6 Å². The summed E-state index contributed by atoms with van der Waals surface area (Å²) in [6.45, 7) is 7.18. The zero-order valence-corrected chi connectivity index (χ0v) is 8.60. The van der Waals surface area contributed by atoms with Gasteiger partial charge in [-0.2, -0.15) is 0 Å². The number of nitrogens with one attached hydrogen (secondary N) is 1. The zero-order chi connectivity index (χ0) is 9.23. The minimum atomic E-state index is 0.832. The standard InChI is InChI=1S/C11H23N/c1-4-5-6-7-8-9-11(2)10-12-3/h4,11-12H,1,5-10H2,2-3H3. The van der Waals surface area contributed by atoms with Gasteiger partial charge in [0.05, 0.1) is 0 Å². The third-order valence-electron chi connectivity index (χ3n) is 2.16. The van der Waals surface area contributed by atoms with Crippen molar-refractivity contribution in [3.8, 4) is 0 Å². The van der Waals surface area contributed by atoms with Crippen molar-refractivity contribution in [1.82, 2.24) is 5.32 Å². The van der Waals surface area contributed by atoms with Crippen LogP contribution in [0.25, 0.3) is 0 Å². The molecule has 1 heteroatoms. The summed E-state index contributed by atoms with van der Waals surface area (Å²) in [5, 5.41) is 3.20. The van der Waals surface area contributed by atoms with Crippen molar-refractivity contribution in [2.24, 2.45) is 5.92 Å². The molecule has 0 heterocycles. The van der Waals surface area contributed by atoms with Crippen LogP contribution in [0, 0.1) is 5.92 Å². The first-order valence-corrected chi connectivity index (χ1v) is 5.06. The molecule has 0 saturated heterocycles. The van der Waals surface area contributed by atoms with Crippen molar-refractivity contribution >= 4 is 0 Å². The molecule has 0 aliphatic carbocycles. The first-order valence-electron chi connectivity index (χ1n) is 5.06. The fourth-order valence-electron chi connectivity index (χ4n) is 1.41. The van der Waals surface area contributed by atoms with E-state index in [-0.39, 0.29) is 0 Å². The summed E-state index contributed by atoms with van der Waals surface area (Å²) in [6, 6.07) is 0. The first kappa shape index (κ1) is 11.7. The van der Waals surface area contributed by atoms with Gasteiger partial charge >= 0.3 is 0 Å². The van der Waals surface area contributed by atoms with E-state index in [0.717, 1.165) is 12.5 Å². The molecular weight excluding hydrogens is 146 g/mol. The van der Waals surface area contributed by atoms with E-state index < -0.39 is 0 Å². The average molecular weight is 169 g/mol. The summed E-state index contributed by atoms with van der Waals surface area (Å²) in [4.78, 5) is 0. The van der Waals surface area contributed by atoms with Gasteiger partial charge in [-0.05, 0) is 38.8 Å². The lowest BCUT2D eigenvalue weighted by molar-refractivity contribution is 0.472. The molecule has 1 nitrogen and oxygen atoms in total. The highest BCUT2D eigenvalue weighted by Gasteiger charge is 1.98. The maximum absolute atomic E-state index is 3.71. The van der Waals surface area contributed by atoms with Crippen LogP contribution in [0.2, 0.25) is 0 Å². The minimum absolute atomic E-state index is 0.832. The van der Waals surface area contributed by atoms with Crippen LogP contribution in [-0.2, 0) is 0 Å². The number of unbranched alkanes of at least 4 members (excludes halogenated alkanes) is 3. The summed E-state index contributed by atoms with van der Waals surface area (Å²) >= 11 is 0. The second kappa shape index (κ2) is 8.79. The molecule has 0 fully saturated rings. The molecule has 1 atom stereocenters. The van der Waals surface area contributed by atoms with Crippen LogP contribution in [0.15, 0.2) is 12.7 Å². The second-order valence-electron chi connectivity index (χ2n) is 3.59. The van der Waals surface area contributed by atoms with Crippen molar-refractivity contribution in [2.75, 3.05) is 13.6 Å². The summed E-state index contributed by atoms with van der Waals surface area (Å²) < 4.78 is 0. The Bertz CT molecular complexity index is 99.2. The molecule has 0 bridgehead atoms. The lowest BCUT2D eigenvalue weighted by atomic mass is 10.0.